The summed E-state index contributed by atoms with van der Waals surface area (Å²) in [5.74, 6) is 2.03. The molecule has 1 atom stereocenters. The Balaban J connectivity index is 1.77. The third kappa shape index (κ3) is 4.06. The molecule has 0 radical (unpaired) electrons. The van der Waals surface area contributed by atoms with Gasteiger partial charge in [-0.3, -0.25) is 4.79 Å². The third-order valence-corrected chi connectivity index (χ3v) is 5.48. The molecule has 1 N–H and O–H groups in total. The van der Waals surface area contributed by atoms with Crippen LogP contribution in [-0.4, -0.2) is 33.0 Å². The number of nitrogens with one attached hydrogen (secondary N) is 1. The molecule has 148 valence electrons. The smallest absolute Gasteiger partial charge is 0.237 e. The molecule has 0 saturated heterocycles. The van der Waals surface area contributed by atoms with E-state index in [9.17, 15) is 4.79 Å². The van der Waals surface area contributed by atoms with E-state index in [1.165, 1.54) is 11.8 Å². The van der Waals surface area contributed by atoms with Crippen molar-refractivity contribution in [1.82, 2.24) is 14.8 Å². The summed E-state index contributed by atoms with van der Waals surface area (Å²) in [5, 5.41) is 11.9. The van der Waals surface area contributed by atoms with Crippen molar-refractivity contribution in [3.05, 3.63) is 41.9 Å². The monoisotopic (exact) mass is 400 g/mol. The number of carbonyl (C=O) groups excluding carboxylic acids is 1. The summed E-state index contributed by atoms with van der Waals surface area (Å²) < 4.78 is 12.7. The van der Waals surface area contributed by atoms with Gasteiger partial charge in [0, 0.05) is 6.54 Å². The van der Waals surface area contributed by atoms with Gasteiger partial charge in [-0.25, -0.2) is 0 Å². The first kappa shape index (κ1) is 20.0. The van der Waals surface area contributed by atoms with Crippen LogP contribution < -0.4 is 10.1 Å². The average Bonchev–Trinajstić information content (AvgIpc) is 3.27. The summed E-state index contributed by atoms with van der Waals surface area (Å²) in [4.78, 5) is 12.7. The van der Waals surface area contributed by atoms with Crippen molar-refractivity contribution in [2.24, 2.45) is 0 Å². The minimum atomic E-state index is -0.363. The first-order valence-electron chi connectivity index (χ1n) is 9.04. The van der Waals surface area contributed by atoms with Gasteiger partial charge in [-0.1, -0.05) is 17.8 Å². The number of aryl methyl sites for hydroxylation is 2. The second kappa shape index (κ2) is 8.52. The van der Waals surface area contributed by atoms with Crippen LogP contribution in [-0.2, 0) is 11.3 Å². The Bertz CT molecular complexity index is 980. The van der Waals surface area contributed by atoms with Crippen LogP contribution in [0.4, 0.5) is 5.69 Å². The highest BCUT2D eigenvalue weighted by atomic mass is 32.2. The molecule has 0 aliphatic carbocycles. The van der Waals surface area contributed by atoms with E-state index in [1.54, 1.807) is 13.4 Å². The van der Waals surface area contributed by atoms with Gasteiger partial charge in [0.2, 0.25) is 5.91 Å². The molecular formula is C20H24N4O3S. The zero-order valence-corrected chi connectivity index (χ0v) is 17.5. The fraction of sp³-hybridized carbons (Fsp3) is 0.350. The summed E-state index contributed by atoms with van der Waals surface area (Å²) in [5.41, 5.74) is 2.61. The summed E-state index contributed by atoms with van der Waals surface area (Å²) in [6.07, 6.45) is 1.64. The topological polar surface area (TPSA) is 82.2 Å². The summed E-state index contributed by atoms with van der Waals surface area (Å²) >= 11 is 1.37. The molecule has 0 fully saturated rings. The molecule has 7 nitrogen and oxygen atoms in total. The Labute approximate surface area is 168 Å². The number of amides is 1. The predicted octanol–water partition coefficient (Wildman–Crippen LogP) is 4.30. The molecule has 3 aromatic rings. The number of methoxy groups -OCH3 is 1. The average molecular weight is 401 g/mol. The highest BCUT2D eigenvalue weighted by molar-refractivity contribution is 8.00. The molecule has 2 aromatic heterocycles. The van der Waals surface area contributed by atoms with Crippen molar-refractivity contribution in [3.8, 4) is 17.1 Å². The molecule has 0 saturated carbocycles. The van der Waals surface area contributed by atoms with Crippen molar-refractivity contribution in [1.29, 1.82) is 0 Å². The molecular weight excluding hydrogens is 376 g/mol. The number of furan rings is 1. The first-order valence-corrected chi connectivity index (χ1v) is 9.92. The number of rotatable bonds is 7. The maximum Gasteiger partial charge on any atom is 0.237 e. The van der Waals surface area contributed by atoms with Gasteiger partial charge in [0.15, 0.2) is 11.0 Å². The van der Waals surface area contributed by atoms with E-state index in [0.29, 0.717) is 23.1 Å². The lowest BCUT2D eigenvalue weighted by Gasteiger charge is -2.15. The number of nitrogens with zero attached hydrogens (tertiary/aromatic N) is 3. The Morgan fingerprint density at radius 1 is 1.32 bits per heavy atom. The van der Waals surface area contributed by atoms with Gasteiger partial charge >= 0.3 is 0 Å². The molecule has 1 aromatic carbocycles. The summed E-state index contributed by atoms with van der Waals surface area (Å²) in [6, 6.07) is 7.55. The van der Waals surface area contributed by atoms with E-state index in [1.807, 2.05) is 56.5 Å². The maximum absolute atomic E-state index is 12.7. The Kier molecular flexibility index (Phi) is 6.08. The van der Waals surface area contributed by atoms with E-state index in [0.717, 1.165) is 22.7 Å². The van der Waals surface area contributed by atoms with E-state index in [-0.39, 0.29) is 11.2 Å². The SMILES string of the molecule is CCn1c(S[C@@H](C)C(=O)Nc2cc(C)ccc2OC)nnc1-c1ccoc1C. The van der Waals surface area contributed by atoms with E-state index in [4.69, 9.17) is 9.15 Å². The summed E-state index contributed by atoms with van der Waals surface area (Å²) in [7, 11) is 1.58. The number of thioether (sulfide) groups is 1. The minimum Gasteiger partial charge on any atom is -0.495 e. The second-order valence-corrected chi connectivity index (χ2v) is 7.70. The number of aromatic nitrogens is 3. The predicted molar refractivity (Wildman–Crippen MR) is 110 cm³/mol. The lowest BCUT2D eigenvalue weighted by molar-refractivity contribution is -0.115. The fourth-order valence-corrected chi connectivity index (χ4v) is 3.76. The van der Waals surface area contributed by atoms with Crippen LogP contribution in [0.15, 0.2) is 40.1 Å². The van der Waals surface area contributed by atoms with Gasteiger partial charge in [0.25, 0.3) is 0 Å². The van der Waals surface area contributed by atoms with Crippen LogP contribution in [0.1, 0.15) is 25.2 Å². The first-order chi connectivity index (χ1) is 13.4. The minimum absolute atomic E-state index is 0.124. The van der Waals surface area contributed by atoms with Crippen molar-refractivity contribution >= 4 is 23.4 Å². The Morgan fingerprint density at radius 3 is 2.75 bits per heavy atom. The number of anilines is 1. The fourth-order valence-electron chi connectivity index (χ4n) is 2.84. The number of hydrogen-bond acceptors (Lipinski definition) is 6. The maximum atomic E-state index is 12.7. The number of hydrogen-bond donors (Lipinski definition) is 1. The van der Waals surface area contributed by atoms with Gasteiger partial charge in [-0.05, 0) is 51.5 Å². The van der Waals surface area contributed by atoms with Crippen molar-refractivity contribution < 1.29 is 13.9 Å². The third-order valence-electron chi connectivity index (χ3n) is 4.40. The van der Waals surface area contributed by atoms with Gasteiger partial charge < -0.3 is 19.0 Å². The molecule has 0 unspecified atom stereocenters. The Morgan fingerprint density at radius 2 is 2.11 bits per heavy atom. The lowest BCUT2D eigenvalue weighted by Crippen LogP contribution is -2.23. The van der Waals surface area contributed by atoms with Gasteiger partial charge in [-0.2, -0.15) is 0 Å². The molecule has 0 aliphatic heterocycles. The molecule has 1 amide bonds. The van der Waals surface area contributed by atoms with Crippen LogP contribution in [0.3, 0.4) is 0 Å². The summed E-state index contributed by atoms with van der Waals surface area (Å²) in [6.45, 7) is 8.42. The van der Waals surface area contributed by atoms with Gasteiger partial charge in [0.1, 0.15) is 11.5 Å². The van der Waals surface area contributed by atoms with Crippen LogP contribution in [0.5, 0.6) is 5.75 Å². The van der Waals surface area contributed by atoms with Crippen molar-refractivity contribution in [2.75, 3.05) is 12.4 Å². The molecule has 8 heteroatoms. The molecule has 0 aliphatic rings. The van der Waals surface area contributed by atoms with Gasteiger partial charge in [-0.15, -0.1) is 10.2 Å². The van der Waals surface area contributed by atoms with Crippen LogP contribution in [0.2, 0.25) is 0 Å². The van der Waals surface area contributed by atoms with E-state index >= 15 is 0 Å². The number of ether oxygens (including phenoxy) is 1. The highest BCUT2D eigenvalue weighted by Gasteiger charge is 2.22. The zero-order valence-electron chi connectivity index (χ0n) is 16.6. The Hall–Kier alpha value is -2.74. The largest absolute Gasteiger partial charge is 0.495 e. The second-order valence-electron chi connectivity index (χ2n) is 6.39. The molecule has 2 heterocycles. The quantitative estimate of drug-likeness (QED) is 0.595. The molecule has 0 bridgehead atoms. The van der Waals surface area contributed by atoms with Gasteiger partial charge in [0.05, 0.1) is 29.9 Å². The van der Waals surface area contributed by atoms with Crippen molar-refractivity contribution in [3.63, 3.8) is 0 Å². The van der Waals surface area contributed by atoms with E-state index in [2.05, 4.69) is 15.5 Å². The zero-order chi connectivity index (χ0) is 20.3. The van der Waals surface area contributed by atoms with E-state index < -0.39 is 0 Å². The molecule has 3 rings (SSSR count). The molecule has 0 spiro atoms. The number of carbonyl (C=O) groups is 1. The standard InChI is InChI=1S/C20H24N4O3S/c1-6-24-18(15-9-10-27-13(15)3)22-23-20(24)28-14(4)19(25)21-16-11-12(2)7-8-17(16)26-5/h7-11,14H,6H2,1-5H3,(H,21,25)/t14-/m0/s1. The van der Waals surface area contributed by atoms with Crippen LogP contribution in [0, 0.1) is 13.8 Å². The number of benzene rings is 1. The highest BCUT2D eigenvalue weighted by Crippen LogP contribution is 2.30. The van der Waals surface area contributed by atoms with Crippen molar-refractivity contribution in [2.45, 2.75) is 44.6 Å². The van der Waals surface area contributed by atoms with Crippen LogP contribution >= 0.6 is 11.8 Å². The lowest BCUT2D eigenvalue weighted by atomic mass is 10.2. The molecule has 28 heavy (non-hydrogen) atoms. The normalized spacial score (nSPS) is 12.0. The van der Waals surface area contributed by atoms with Crippen LogP contribution in [0.25, 0.3) is 11.4 Å².